The van der Waals surface area contributed by atoms with Gasteiger partial charge in [-0.15, -0.1) is 0 Å². The molecule has 0 N–H and O–H groups in total. The lowest BCUT2D eigenvalue weighted by Gasteiger charge is -2.32. The van der Waals surface area contributed by atoms with Gasteiger partial charge in [-0.2, -0.15) is 0 Å². The van der Waals surface area contributed by atoms with Crippen LogP contribution in [-0.2, 0) is 0 Å². The number of hydrogen-bond acceptors (Lipinski definition) is 0. The molecule has 0 amide bonds. The Morgan fingerprint density at radius 3 is 2.46 bits per heavy atom. The van der Waals surface area contributed by atoms with Crippen molar-refractivity contribution >= 4 is 7.85 Å². The molecule has 0 aromatic carbocycles. The van der Waals surface area contributed by atoms with Crippen LogP contribution in [0.2, 0.25) is 5.31 Å². The normalized spacial score (nSPS) is 43.3. The molecular formula is C12H23B. The summed E-state index contributed by atoms with van der Waals surface area (Å²) in [6.07, 6.45) is 7.99. The van der Waals surface area contributed by atoms with Crippen LogP contribution in [0.1, 0.15) is 59.3 Å². The molecule has 1 aliphatic rings. The molecule has 0 aliphatic heterocycles. The molecule has 0 saturated heterocycles. The smallest absolute Gasteiger partial charge is 0.0674 e. The molecule has 0 spiro atoms. The van der Waals surface area contributed by atoms with Crippen LogP contribution in [0.25, 0.3) is 0 Å². The Morgan fingerprint density at radius 2 is 1.77 bits per heavy atom. The molecule has 0 heterocycles. The second-order valence-electron chi connectivity index (χ2n) is 5.34. The summed E-state index contributed by atoms with van der Waals surface area (Å²) in [5, 5.41) is 0.0874. The maximum atomic E-state index is 6.31. The Labute approximate surface area is 84.9 Å². The molecule has 1 fully saturated rings. The molecule has 13 heavy (non-hydrogen) atoms. The van der Waals surface area contributed by atoms with Gasteiger partial charge in [0.05, 0.1) is 7.85 Å². The van der Waals surface area contributed by atoms with Crippen molar-refractivity contribution in [1.29, 1.82) is 0 Å². The van der Waals surface area contributed by atoms with Gasteiger partial charge in [-0.1, -0.05) is 64.6 Å². The van der Waals surface area contributed by atoms with Gasteiger partial charge in [0.1, 0.15) is 0 Å². The second-order valence-corrected chi connectivity index (χ2v) is 5.34. The monoisotopic (exact) mass is 178 g/mol. The lowest BCUT2D eigenvalue weighted by atomic mass is 9.59. The van der Waals surface area contributed by atoms with E-state index >= 15 is 0 Å². The molecule has 1 unspecified atom stereocenters. The summed E-state index contributed by atoms with van der Waals surface area (Å²) in [5.41, 5.74) is 0. The Morgan fingerprint density at radius 1 is 1.08 bits per heavy atom. The van der Waals surface area contributed by atoms with E-state index in [1.54, 1.807) is 0 Å². The third-order valence-corrected chi connectivity index (χ3v) is 3.88. The van der Waals surface area contributed by atoms with Gasteiger partial charge in [-0.25, -0.2) is 0 Å². The fourth-order valence-electron chi connectivity index (χ4n) is 2.25. The van der Waals surface area contributed by atoms with Crippen molar-refractivity contribution < 1.29 is 0 Å². The van der Waals surface area contributed by atoms with Gasteiger partial charge < -0.3 is 0 Å². The van der Waals surface area contributed by atoms with Crippen LogP contribution in [0, 0.1) is 11.8 Å². The Kier molecular flexibility index (Phi) is 3.88. The van der Waals surface area contributed by atoms with Crippen LogP contribution in [0.4, 0.5) is 0 Å². The van der Waals surface area contributed by atoms with Crippen molar-refractivity contribution in [2.45, 2.75) is 64.6 Å². The topological polar surface area (TPSA) is 0 Å². The zero-order valence-electron chi connectivity index (χ0n) is 9.47. The quantitative estimate of drug-likeness (QED) is 0.492. The van der Waals surface area contributed by atoms with E-state index in [0.717, 1.165) is 5.92 Å². The van der Waals surface area contributed by atoms with Crippen LogP contribution in [0.3, 0.4) is 0 Å². The van der Waals surface area contributed by atoms with Gasteiger partial charge in [0, 0.05) is 0 Å². The van der Waals surface area contributed by atoms with Crippen molar-refractivity contribution in [3.8, 4) is 0 Å². The highest BCUT2D eigenvalue weighted by atomic mass is 14.3. The van der Waals surface area contributed by atoms with Crippen molar-refractivity contribution in [1.82, 2.24) is 0 Å². The predicted molar refractivity (Wildman–Crippen MR) is 60.2 cm³/mol. The van der Waals surface area contributed by atoms with Gasteiger partial charge in [0.25, 0.3) is 0 Å². The Hall–Kier alpha value is 0.0649. The molecule has 0 bridgehead atoms. The zero-order chi connectivity index (χ0) is 9.90. The minimum atomic E-state index is 0.0874. The summed E-state index contributed by atoms with van der Waals surface area (Å²) in [5.74, 6) is 1.60. The van der Waals surface area contributed by atoms with E-state index in [9.17, 15) is 0 Å². The predicted octanol–water partition coefficient (Wildman–Crippen LogP) is 3.96. The average molecular weight is 178 g/mol. The van der Waals surface area contributed by atoms with Gasteiger partial charge in [-0.3, -0.25) is 0 Å². The van der Waals surface area contributed by atoms with Crippen LogP contribution in [0.15, 0.2) is 0 Å². The Balaban J connectivity index is 2.52. The molecule has 2 radical (unpaired) electrons. The molecular weight excluding hydrogens is 155 g/mol. The van der Waals surface area contributed by atoms with E-state index < -0.39 is 0 Å². The van der Waals surface area contributed by atoms with Gasteiger partial charge >= 0.3 is 0 Å². The van der Waals surface area contributed by atoms with E-state index in [4.69, 9.17) is 7.85 Å². The largest absolute Gasteiger partial charge is 0.0746 e. The molecule has 0 aromatic rings. The first-order chi connectivity index (χ1) is 6.02. The van der Waals surface area contributed by atoms with Gasteiger partial charge in [0.15, 0.2) is 0 Å². The van der Waals surface area contributed by atoms with Crippen LogP contribution < -0.4 is 0 Å². The molecule has 1 heteroatoms. The van der Waals surface area contributed by atoms with E-state index in [0.29, 0.717) is 5.92 Å². The van der Waals surface area contributed by atoms with Crippen LogP contribution in [0.5, 0.6) is 0 Å². The molecule has 3 atom stereocenters. The third kappa shape index (κ3) is 3.36. The average Bonchev–Trinajstić information content (AvgIpc) is 2.11. The SMILES string of the molecule is [B][C@@]1(C)CCCC[C@@H](C)CCC1C. The van der Waals surface area contributed by atoms with Crippen LogP contribution >= 0.6 is 0 Å². The fraction of sp³-hybridized carbons (Fsp3) is 1.00. The molecule has 1 rings (SSSR count). The molecule has 0 nitrogen and oxygen atoms in total. The van der Waals surface area contributed by atoms with Crippen molar-refractivity contribution in [2.24, 2.45) is 11.8 Å². The first-order valence-corrected chi connectivity index (χ1v) is 5.81. The highest BCUT2D eigenvalue weighted by molar-refractivity contribution is 6.15. The van der Waals surface area contributed by atoms with E-state index in [2.05, 4.69) is 20.8 Å². The lowest BCUT2D eigenvalue weighted by Crippen LogP contribution is -2.18. The summed E-state index contributed by atoms with van der Waals surface area (Å²) in [6.45, 7) is 6.93. The number of hydrogen-bond donors (Lipinski definition) is 0. The van der Waals surface area contributed by atoms with Crippen LogP contribution in [-0.4, -0.2) is 7.85 Å². The molecule has 0 aromatic heterocycles. The van der Waals surface area contributed by atoms with E-state index in [-0.39, 0.29) is 5.31 Å². The highest BCUT2D eigenvalue weighted by Gasteiger charge is 2.25. The summed E-state index contributed by atoms with van der Waals surface area (Å²) in [6, 6.07) is 0. The zero-order valence-corrected chi connectivity index (χ0v) is 9.47. The summed E-state index contributed by atoms with van der Waals surface area (Å²) < 4.78 is 0. The maximum Gasteiger partial charge on any atom is 0.0746 e. The molecule has 1 saturated carbocycles. The van der Waals surface area contributed by atoms with Gasteiger partial charge in [-0.05, 0) is 11.8 Å². The number of rotatable bonds is 0. The first kappa shape index (κ1) is 11.1. The summed E-state index contributed by atoms with van der Waals surface area (Å²) in [7, 11) is 6.31. The summed E-state index contributed by atoms with van der Waals surface area (Å²) in [4.78, 5) is 0. The first-order valence-electron chi connectivity index (χ1n) is 5.81. The second kappa shape index (κ2) is 4.53. The fourth-order valence-corrected chi connectivity index (χ4v) is 2.25. The van der Waals surface area contributed by atoms with E-state index in [1.165, 1.54) is 38.5 Å². The minimum absolute atomic E-state index is 0.0874. The summed E-state index contributed by atoms with van der Waals surface area (Å²) >= 11 is 0. The standard InChI is InChI=1S/C12H23B/c1-10-6-4-5-9-12(3,13)11(2)8-7-10/h10-11H,4-9H2,1-3H3/t10-,11?,12+/m1/s1. The minimum Gasteiger partial charge on any atom is -0.0674 e. The maximum absolute atomic E-state index is 6.31. The van der Waals surface area contributed by atoms with Crippen molar-refractivity contribution in [3.05, 3.63) is 0 Å². The van der Waals surface area contributed by atoms with E-state index in [1.807, 2.05) is 0 Å². The Bertz CT molecular complexity index is 151. The van der Waals surface area contributed by atoms with Gasteiger partial charge in [0.2, 0.25) is 0 Å². The molecule has 74 valence electrons. The highest BCUT2D eigenvalue weighted by Crippen LogP contribution is 2.41. The lowest BCUT2D eigenvalue weighted by molar-refractivity contribution is 0.347. The van der Waals surface area contributed by atoms with Crippen molar-refractivity contribution in [2.75, 3.05) is 0 Å². The van der Waals surface area contributed by atoms with Crippen molar-refractivity contribution in [3.63, 3.8) is 0 Å². The third-order valence-electron chi connectivity index (χ3n) is 3.88. The molecule has 1 aliphatic carbocycles.